The zero-order valence-electron chi connectivity index (χ0n) is 17.7. The summed E-state index contributed by atoms with van der Waals surface area (Å²) in [7, 11) is 0. The topological polar surface area (TPSA) is 96.0 Å². The first-order valence-electron chi connectivity index (χ1n) is 10.0. The standard InChI is InChI=1S/C23H25N3O5/c1-4-25(18-13-9-6-10-14-18)20(28)16(2)31-19(27)15-26-21(29)23(3,24-22(26)30)17-11-7-5-8-12-17/h5-14,16H,4,15H2,1-3H3,(H,24,30)/t16-,23+/m1/s1. The lowest BCUT2D eigenvalue weighted by Gasteiger charge is -2.25. The molecule has 0 saturated carbocycles. The van der Waals surface area contributed by atoms with E-state index in [1.165, 1.54) is 11.8 Å². The summed E-state index contributed by atoms with van der Waals surface area (Å²) in [5.74, 6) is -1.79. The van der Waals surface area contributed by atoms with Gasteiger partial charge in [-0.15, -0.1) is 0 Å². The molecule has 0 unspecified atom stereocenters. The molecule has 31 heavy (non-hydrogen) atoms. The number of benzene rings is 2. The zero-order valence-corrected chi connectivity index (χ0v) is 17.7. The molecule has 8 nitrogen and oxygen atoms in total. The number of likely N-dealkylation sites (N-methyl/N-ethyl adjacent to an activating group) is 1. The van der Waals surface area contributed by atoms with Crippen LogP contribution in [0.3, 0.4) is 0 Å². The number of carbonyl (C=O) groups excluding carboxylic acids is 4. The Morgan fingerprint density at radius 3 is 2.23 bits per heavy atom. The Balaban J connectivity index is 1.65. The van der Waals surface area contributed by atoms with Crippen molar-refractivity contribution >= 4 is 29.5 Å². The first-order chi connectivity index (χ1) is 14.8. The van der Waals surface area contributed by atoms with Gasteiger partial charge in [0, 0.05) is 12.2 Å². The molecule has 1 heterocycles. The molecular formula is C23H25N3O5. The van der Waals surface area contributed by atoms with Crippen molar-refractivity contribution in [2.24, 2.45) is 0 Å². The average Bonchev–Trinajstić information content (AvgIpc) is 2.99. The van der Waals surface area contributed by atoms with Gasteiger partial charge in [0.1, 0.15) is 12.1 Å². The van der Waals surface area contributed by atoms with Crippen LogP contribution in [0.25, 0.3) is 0 Å². The highest BCUT2D eigenvalue weighted by molar-refractivity contribution is 6.09. The maximum Gasteiger partial charge on any atom is 0.327 e. The van der Waals surface area contributed by atoms with Crippen molar-refractivity contribution in [1.82, 2.24) is 10.2 Å². The van der Waals surface area contributed by atoms with Crippen LogP contribution >= 0.6 is 0 Å². The first-order valence-corrected chi connectivity index (χ1v) is 10.0. The molecule has 2 aromatic carbocycles. The van der Waals surface area contributed by atoms with E-state index in [1.54, 1.807) is 49.4 Å². The van der Waals surface area contributed by atoms with Crippen LogP contribution in [-0.2, 0) is 24.7 Å². The van der Waals surface area contributed by atoms with Crippen LogP contribution < -0.4 is 10.2 Å². The van der Waals surface area contributed by atoms with E-state index in [-0.39, 0.29) is 0 Å². The second kappa shape index (κ2) is 8.99. The largest absolute Gasteiger partial charge is 0.451 e. The highest BCUT2D eigenvalue weighted by Gasteiger charge is 2.49. The number of amides is 4. The van der Waals surface area contributed by atoms with Crippen LogP contribution in [0, 0.1) is 0 Å². The molecule has 1 fully saturated rings. The minimum absolute atomic E-state index is 0.395. The second-order valence-electron chi connectivity index (χ2n) is 7.36. The first kappa shape index (κ1) is 22.0. The summed E-state index contributed by atoms with van der Waals surface area (Å²) in [6.45, 7) is 4.68. The Hall–Kier alpha value is -3.68. The molecule has 2 aromatic rings. The van der Waals surface area contributed by atoms with Gasteiger partial charge in [-0.3, -0.25) is 19.3 Å². The highest BCUT2D eigenvalue weighted by Crippen LogP contribution is 2.28. The number of rotatable bonds is 7. The molecule has 0 radical (unpaired) electrons. The molecule has 1 aliphatic rings. The molecule has 1 saturated heterocycles. The SMILES string of the molecule is CCN(C(=O)[C@@H](C)OC(=O)CN1C(=O)N[C@@](C)(c2ccccc2)C1=O)c1ccccc1. The number of ether oxygens (including phenoxy) is 1. The molecular weight excluding hydrogens is 398 g/mol. The Morgan fingerprint density at radius 1 is 1.06 bits per heavy atom. The van der Waals surface area contributed by atoms with Crippen molar-refractivity contribution in [3.63, 3.8) is 0 Å². The summed E-state index contributed by atoms with van der Waals surface area (Å²) in [5, 5.41) is 2.63. The number of hydrogen-bond donors (Lipinski definition) is 1. The molecule has 0 bridgehead atoms. The van der Waals surface area contributed by atoms with E-state index in [1.807, 2.05) is 25.1 Å². The Bertz CT molecular complexity index is 979. The van der Waals surface area contributed by atoms with Crippen LogP contribution in [-0.4, -0.2) is 47.9 Å². The molecule has 4 amide bonds. The molecule has 162 valence electrons. The van der Waals surface area contributed by atoms with Gasteiger partial charge in [-0.2, -0.15) is 0 Å². The van der Waals surface area contributed by atoms with E-state index >= 15 is 0 Å². The quantitative estimate of drug-likeness (QED) is 0.545. The summed E-state index contributed by atoms with van der Waals surface area (Å²) < 4.78 is 5.24. The number of nitrogens with zero attached hydrogens (tertiary/aromatic N) is 2. The number of esters is 1. The lowest BCUT2D eigenvalue weighted by Crippen LogP contribution is -2.43. The van der Waals surface area contributed by atoms with Gasteiger partial charge in [0.15, 0.2) is 6.10 Å². The van der Waals surface area contributed by atoms with Crippen LogP contribution in [0.2, 0.25) is 0 Å². The van der Waals surface area contributed by atoms with Crippen LogP contribution in [0.15, 0.2) is 60.7 Å². The maximum atomic E-state index is 12.9. The Kier molecular flexibility index (Phi) is 6.39. The Labute approximate surface area is 180 Å². The lowest BCUT2D eigenvalue weighted by molar-refractivity contribution is -0.155. The maximum absolute atomic E-state index is 12.9. The normalized spacial score (nSPS) is 19.0. The summed E-state index contributed by atoms with van der Waals surface area (Å²) in [6, 6.07) is 17.1. The smallest absolute Gasteiger partial charge is 0.327 e. The van der Waals surface area contributed by atoms with Gasteiger partial charge in [-0.05, 0) is 38.5 Å². The van der Waals surface area contributed by atoms with Crippen molar-refractivity contribution in [1.29, 1.82) is 0 Å². The molecule has 8 heteroatoms. The van der Waals surface area contributed by atoms with Gasteiger partial charge in [-0.25, -0.2) is 4.79 Å². The second-order valence-corrected chi connectivity index (χ2v) is 7.36. The van der Waals surface area contributed by atoms with Crippen molar-refractivity contribution in [3.05, 3.63) is 66.2 Å². The summed E-state index contributed by atoms with van der Waals surface area (Å²) in [6.07, 6.45) is -1.08. The minimum Gasteiger partial charge on any atom is -0.451 e. The Morgan fingerprint density at radius 2 is 1.65 bits per heavy atom. The molecule has 2 atom stereocenters. The third-order valence-electron chi connectivity index (χ3n) is 5.22. The number of anilines is 1. The van der Waals surface area contributed by atoms with Gasteiger partial charge in [-0.1, -0.05) is 48.5 Å². The fraction of sp³-hybridized carbons (Fsp3) is 0.304. The van der Waals surface area contributed by atoms with Crippen molar-refractivity contribution < 1.29 is 23.9 Å². The van der Waals surface area contributed by atoms with Gasteiger partial charge in [0.05, 0.1) is 0 Å². The van der Waals surface area contributed by atoms with Gasteiger partial charge in [0.2, 0.25) is 0 Å². The van der Waals surface area contributed by atoms with Gasteiger partial charge in [0.25, 0.3) is 11.8 Å². The molecule has 1 N–H and O–H groups in total. The monoisotopic (exact) mass is 423 g/mol. The molecule has 0 aromatic heterocycles. The van der Waals surface area contributed by atoms with Crippen molar-refractivity contribution in [2.45, 2.75) is 32.4 Å². The van der Waals surface area contributed by atoms with E-state index in [0.29, 0.717) is 17.8 Å². The summed E-state index contributed by atoms with van der Waals surface area (Å²) in [4.78, 5) is 52.8. The van der Waals surface area contributed by atoms with E-state index in [2.05, 4.69) is 5.32 Å². The van der Waals surface area contributed by atoms with Crippen LogP contribution in [0.4, 0.5) is 10.5 Å². The zero-order chi connectivity index (χ0) is 22.6. The van der Waals surface area contributed by atoms with E-state index < -0.39 is 42.0 Å². The minimum atomic E-state index is -1.27. The van der Waals surface area contributed by atoms with E-state index in [0.717, 1.165) is 4.90 Å². The van der Waals surface area contributed by atoms with Gasteiger partial charge >= 0.3 is 12.0 Å². The van der Waals surface area contributed by atoms with Crippen LogP contribution in [0.1, 0.15) is 26.3 Å². The van der Waals surface area contributed by atoms with E-state index in [4.69, 9.17) is 4.74 Å². The predicted molar refractivity (Wildman–Crippen MR) is 114 cm³/mol. The summed E-state index contributed by atoms with van der Waals surface area (Å²) in [5.41, 5.74) is 0.0201. The highest BCUT2D eigenvalue weighted by atomic mass is 16.5. The third-order valence-corrected chi connectivity index (χ3v) is 5.22. The number of imide groups is 1. The summed E-state index contributed by atoms with van der Waals surface area (Å²) >= 11 is 0. The number of urea groups is 1. The molecule has 1 aliphatic heterocycles. The van der Waals surface area contributed by atoms with Gasteiger partial charge < -0.3 is 15.0 Å². The molecule has 0 aliphatic carbocycles. The fourth-order valence-corrected chi connectivity index (χ4v) is 3.51. The predicted octanol–water partition coefficient (Wildman–Crippen LogP) is 2.44. The lowest BCUT2D eigenvalue weighted by atomic mass is 9.92. The average molecular weight is 423 g/mol. The van der Waals surface area contributed by atoms with Crippen LogP contribution in [0.5, 0.6) is 0 Å². The van der Waals surface area contributed by atoms with E-state index in [9.17, 15) is 19.2 Å². The third kappa shape index (κ3) is 4.42. The fourth-order valence-electron chi connectivity index (χ4n) is 3.51. The number of para-hydroxylation sites is 1. The number of nitrogens with one attached hydrogen (secondary N) is 1. The van der Waals surface area contributed by atoms with Crippen molar-refractivity contribution in [3.8, 4) is 0 Å². The molecule has 3 rings (SSSR count). The number of carbonyl (C=O) groups is 4. The number of hydrogen-bond acceptors (Lipinski definition) is 5. The molecule has 0 spiro atoms. The van der Waals surface area contributed by atoms with Crippen molar-refractivity contribution in [2.75, 3.05) is 18.0 Å².